The number of halogens is 1. The van der Waals surface area contributed by atoms with Crippen molar-refractivity contribution in [3.05, 3.63) is 29.3 Å². The summed E-state index contributed by atoms with van der Waals surface area (Å²) in [6, 6.07) is 7.20. The highest BCUT2D eigenvalue weighted by molar-refractivity contribution is 6.30. The maximum Gasteiger partial charge on any atom is 0.225 e. The summed E-state index contributed by atoms with van der Waals surface area (Å²) in [4.78, 5) is 14.1. The zero-order chi connectivity index (χ0) is 15.1. The molecule has 4 nitrogen and oxygen atoms in total. The highest BCUT2D eigenvalue weighted by atomic mass is 35.5. The van der Waals surface area contributed by atoms with Crippen molar-refractivity contribution in [1.29, 1.82) is 0 Å². The Bertz CT molecular complexity index is 442. The van der Waals surface area contributed by atoms with Gasteiger partial charge < -0.3 is 15.0 Å². The van der Waals surface area contributed by atoms with Gasteiger partial charge in [0.15, 0.2) is 0 Å². The van der Waals surface area contributed by atoms with Crippen LogP contribution in [0, 0.1) is 5.92 Å². The molecule has 0 unspecified atom stereocenters. The summed E-state index contributed by atoms with van der Waals surface area (Å²) in [5.41, 5.74) is 0. The molecule has 21 heavy (non-hydrogen) atoms. The van der Waals surface area contributed by atoms with Crippen LogP contribution in [0.2, 0.25) is 5.02 Å². The molecule has 1 saturated heterocycles. The second kappa shape index (κ2) is 8.25. The molecule has 5 heteroatoms. The van der Waals surface area contributed by atoms with E-state index in [2.05, 4.69) is 5.32 Å². The van der Waals surface area contributed by atoms with Gasteiger partial charge in [0.25, 0.3) is 0 Å². The molecule has 1 amide bonds. The molecule has 1 N–H and O–H groups in total. The van der Waals surface area contributed by atoms with E-state index in [9.17, 15) is 4.79 Å². The van der Waals surface area contributed by atoms with E-state index in [1.807, 2.05) is 24.1 Å². The van der Waals surface area contributed by atoms with E-state index >= 15 is 0 Å². The number of hydrogen-bond acceptors (Lipinski definition) is 3. The SMILES string of the molecule is CNCC1CCN(C(=O)CCOc2ccc(Cl)cc2)CC1. The van der Waals surface area contributed by atoms with Gasteiger partial charge in [0.05, 0.1) is 13.0 Å². The van der Waals surface area contributed by atoms with Crippen LogP contribution in [0.15, 0.2) is 24.3 Å². The van der Waals surface area contributed by atoms with E-state index in [0.717, 1.165) is 38.2 Å². The zero-order valence-corrected chi connectivity index (χ0v) is 13.2. The second-order valence-corrected chi connectivity index (χ2v) is 5.87. The highest BCUT2D eigenvalue weighted by Gasteiger charge is 2.21. The summed E-state index contributed by atoms with van der Waals surface area (Å²) < 4.78 is 5.57. The Kier molecular flexibility index (Phi) is 6.33. The lowest BCUT2D eigenvalue weighted by Crippen LogP contribution is -2.40. The number of hydrogen-bond donors (Lipinski definition) is 1. The Morgan fingerprint density at radius 2 is 2.00 bits per heavy atom. The van der Waals surface area contributed by atoms with E-state index in [1.54, 1.807) is 12.1 Å². The standard InChI is InChI=1S/C16H23ClN2O2/c1-18-12-13-6-9-19(10-7-13)16(20)8-11-21-15-4-2-14(17)3-5-15/h2-5,13,18H,6-12H2,1H3. The lowest BCUT2D eigenvalue weighted by molar-refractivity contribution is -0.133. The molecule has 1 aromatic carbocycles. The van der Waals surface area contributed by atoms with E-state index in [0.29, 0.717) is 24.0 Å². The van der Waals surface area contributed by atoms with Gasteiger partial charge in [-0.15, -0.1) is 0 Å². The van der Waals surface area contributed by atoms with Crippen LogP contribution in [-0.2, 0) is 4.79 Å². The van der Waals surface area contributed by atoms with Crippen LogP contribution in [0.4, 0.5) is 0 Å². The summed E-state index contributed by atoms with van der Waals surface area (Å²) in [6.07, 6.45) is 2.61. The molecule has 1 heterocycles. The molecule has 0 aromatic heterocycles. The van der Waals surface area contributed by atoms with Crippen molar-refractivity contribution in [2.24, 2.45) is 5.92 Å². The van der Waals surface area contributed by atoms with Crippen LogP contribution < -0.4 is 10.1 Å². The number of rotatable bonds is 6. The smallest absolute Gasteiger partial charge is 0.225 e. The van der Waals surface area contributed by atoms with Gasteiger partial charge in [0, 0.05) is 18.1 Å². The maximum atomic E-state index is 12.1. The summed E-state index contributed by atoms with van der Waals surface area (Å²) in [5.74, 6) is 1.64. The van der Waals surface area contributed by atoms with E-state index < -0.39 is 0 Å². The number of benzene rings is 1. The molecular formula is C16H23ClN2O2. The molecule has 0 radical (unpaired) electrons. The molecule has 1 aliphatic heterocycles. The van der Waals surface area contributed by atoms with Gasteiger partial charge >= 0.3 is 0 Å². The van der Waals surface area contributed by atoms with Crippen LogP contribution in [0.1, 0.15) is 19.3 Å². The van der Waals surface area contributed by atoms with Crippen molar-refractivity contribution in [1.82, 2.24) is 10.2 Å². The fourth-order valence-corrected chi connectivity index (χ4v) is 2.75. The predicted octanol–water partition coefficient (Wildman–Crippen LogP) is 2.57. The van der Waals surface area contributed by atoms with E-state index in [1.165, 1.54) is 0 Å². The first-order valence-corrected chi connectivity index (χ1v) is 7.87. The molecular weight excluding hydrogens is 288 g/mol. The molecule has 0 bridgehead atoms. The summed E-state index contributed by atoms with van der Waals surface area (Å²) in [5, 5.41) is 3.89. The fourth-order valence-electron chi connectivity index (χ4n) is 2.62. The molecule has 1 fully saturated rings. The van der Waals surface area contributed by atoms with Gasteiger partial charge in [-0.25, -0.2) is 0 Å². The normalized spacial score (nSPS) is 16.0. The van der Waals surface area contributed by atoms with Crippen molar-refractivity contribution in [2.75, 3.05) is 33.3 Å². The molecule has 1 aromatic rings. The van der Waals surface area contributed by atoms with E-state index in [4.69, 9.17) is 16.3 Å². The Balaban J connectivity index is 1.67. The van der Waals surface area contributed by atoms with Gasteiger partial charge in [-0.05, 0) is 56.6 Å². The van der Waals surface area contributed by atoms with Gasteiger partial charge in [-0.2, -0.15) is 0 Å². The molecule has 0 saturated carbocycles. The van der Waals surface area contributed by atoms with Crippen LogP contribution in [0.25, 0.3) is 0 Å². The molecule has 0 aliphatic carbocycles. The van der Waals surface area contributed by atoms with Crippen molar-refractivity contribution >= 4 is 17.5 Å². The Morgan fingerprint density at radius 1 is 1.33 bits per heavy atom. The lowest BCUT2D eigenvalue weighted by atomic mass is 9.97. The third-order valence-corrected chi connectivity index (χ3v) is 4.11. The average molecular weight is 311 g/mol. The molecule has 1 aliphatic rings. The molecule has 0 atom stereocenters. The first-order valence-electron chi connectivity index (χ1n) is 7.50. The zero-order valence-electron chi connectivity index (χ0n) is 12.5. The molecule has 2 rings (SSSR count). The number of amides is 1. The number of nitrogens with zero attached hydrogens (tertiary/aromatic N) is 1. The third kappa shape index (κ3) is 5.21. The van der Waals surface area contributed by atoms with Crippen LogP contribution in [-0.4, -0.2) is 44.1 Å². The first-order chi connectivity index (χ1) is 10.2. The Morgan fingerprint density at radius 3 is 2.62 bits per heavy atom. The maximum absolute atomic E-state index is 12.1. The van der Waals surface area contributed by atoms with Gasteiger partial charge in [0.2, 0.25) is 5.91 Å². The topological polar surface area (TPSA) is 41.6 Å². The number of nitrogens with one attached hydrogen (secondary N) is 1. The summed E-state index contributed by atoms with van der Waals surface area (Å²) in [7, 11) is 1.98. The number of carbonyl (C=O) groups excluding carboxylic acids is 1. The number of likely N-dealkylation sites (tertiary alicyclic amines) is 1. The number of piperidine rings is 1. The van der Waals surface area contributed by atoms with E-state index in [-0.39, 0.29) is 5.91 Å². The predicted molar refractivity (Wildman–Crippen MR) is 84.8 cm³/mol. The van der Waals surface area contributed by atoms with Crippen molar-refractivity contribution in [2.45, 2.75) is 19.3 Å². The highest BCUT2D eigenvalue weighted by Crippen LogP contribution is 2.18. The van der Waals surface area contributed by atoms with Crippen LogP contribution >= 0.6 is 11.6 Å². The average Bonchev–Trinajstić information content (AvgIpc) is 2.50. The largest absolute Gasteiger partial charge is 0.493 e. The monoisotopic (exact) mass is 310 g/mol. The minimum absolute atomic E-state index is 0.187. The minimum atomic E-state index is 0.187. The summed E-state index contributed by atoms with van der Waals surface area (Å²) >= 11 is 5.81. The number of ether oxygens (including phenoxy) is 1. The molecule has 116 valence electrons. The Hall–Kier alpha value is -1.26. The van der Waals surface area contributed by atoms with Crippen molar-refractivity contribution < 1.29 is 9.53 Å². The quantitative estimate of drug-likeness (QED) is 0.878. The van der Waals surface area contributed by atoms with Crippen LogP contribution in [0.3, 0.4) is 0 Å². The minimum Gasteiger partial charge on any atom is -0.493 e. The fraction of sp³-hybridized carbons (Fsp3) is 0.562. The van der Waals surface area contributed by atoms with Crippen molar-refractivity contribution in [3.63, 3.8) is 0 Å². The second-order valence-electron chi connectivity index (χ2n) is 5.43. The van der Waals surface area contributed by atoms with Crippen molar-refractivity contribution in [3.8, 4) is 5.75 Å². The van der Waals surface area contributed by atoms with Gasteiger partial charge in [0.1, 0.15) is 5.75 Å². The third-order valence-electron chi connectivity index (χ3n) is 3.86. The number of carbonyl (C=O) groups is 1. The Labute approximate surface area is 131 Å². The summed E-state index contributed by atoms with van der Waals surface area (Å²) in [6.45, 7) is 3.19. The lowest BCUT2D eigenvalue weighted by Gasteiger charge is -2.32. The van der Waals surface area contributed by atoms with Gasteiger partial charge in [-0.1, -0.05) is 11.6 Å². The first kappa shape index (κ1) is 16.1. The molecule has 0 spiro atoms. The van der Waals surface area contributed by atoms with Crippen LogP contribution in [0.5, 0.6) is 5.75 Å². The van der Waals surface area contributed by atoms with Gasteiger partial charge in [-0.3, -0.25) is 4.79 Å².